The molecule has 0 fully saturated rings. The van der Waals surface area contributed by atoms with Crippen LogP contribution in [0.5, 0.6) is 0 Å². The standard InChI is InChI=1S/C16H24N2O2/c1-16(2,3)18(15(19)20)10-6-9-17-11-13-7-4-5-8-14(13)12-17/h4-5,7-8H,6,9-12H2,1-3H3,(H,19,20)/i15+1. The first-order valence-electron chi connectivity index (χ1n) is 7.17. The number of hydrogen-bond acceptors (Lipinski definition) is 2. The van der Waals surface area contributed by atoms with Crippen molar-refractivity contribution in [2.24, 2.45) is 0 Å². The van der Waals surface area contributed by atoms with Crippen molar-refractivity contribution in [3.05, 3.63) is 35.4 Å². The van der Waals surface area contributed by atoms with Gasteiger partial charge in [0.2, 0.25) is 0 Å². The van der Waals surface area contributed by atoms with E-state index in [1.807, 2.05) is 20.8 Å². The molecule has 2 rings (SSSR count). The Labute approximate surface area is 121 Å². The summed E-state index contributed by atoms with van der Waals surface area (Å²) in [5, 5.41) is 9.26. The third-order valence-corrected chi connectivity index (χ3v) is 3.80. The van der Waals surface area contributed by atoms with Crippen molar-refractivity contribution in [3.8, 4) is 0 Å². The second-order valence-electron chi connectivity index (χ2n) is 6.44. The Morgan fingerprint density at radius 1 is 1.25 bits per heavy atom. The lowest BCUT2D eigenvalue weighted by atomic mass is 10.1. The predicted octanol–water partition coefficient (Wildman–Crippen LogP) is 3.17. The average molecular weight is 277 g/mol. The summed E-state index contributed by atoms with van der Waals surface area (Å²) in [6.07, 6.45) is 0.0413. The molecule has 1 aromatic rings. The van der Waals surface area contributed by atoms with Crippen LogP contribution in [0.3, 0.4) is 0 Å². The van der Waals surface area contributed by atoms with Crippen molar-refractivity contribution in [3.63, 3.8) is 0 Å². The van der Waals surface area contributed by atoms with Gasteiger partial charge in [-0.05, 0) is 38.3 Å². The highest BCUT2D eigenvalue weighted by atomic mass is 16.5. The first-order valence-corrected chi connectivity index (χ1v) is 7.17. The van der Waals surface area contributed by atoms with E-state index < -0.39 is 6.09 Å². The number of benzene rings is 1. The van der Waals surface area contributed by atoms with Gasteiger partial charge in [-0.1, -0.05) is 24.3 Å². The molecule has 1 aromatic carbocycles. The predicted molar refractivity (Wildman–Crippen MR) is 79.7 cm³/mol. The largest absolute Gasteiger partial charge is 0.465 e. The Hall–Kier alpha value is -1.55. The molecule has 0 aromatic heterocycles. The normalized spacial score (nSPS) is 15.2. The van der Waals surface area contributed by atoms with E-state index in [1.165, 1.54) is 16.0 Å². The van der Waals surface area contributed by atoms with Gasteiger partial charge >= 0.3 is 6.09 Å². The molecule has 1 heterocycles. The van der Waals surface area contributed by atoms with Crippen LogP contribution in [0.2, 0.25) is 0 Å². The Kier molecular flexibility index (Phi) is 4.33. The molecule has 0 atom stereocenters. The van der Waals surface area contributed by atoms with Crippen LogP contribution in [-0.4, -0.2) is 39.6 Å². The van der Waals surface area contributed by atoms with Crippen LogP contribution < -0.4 is 0 Å². The summed E-state index contributed by atoms with van der Waals surface area (Å²) in [5.74, 6) is 0. The zero-order chi connectivity index (χ0) is 14.8. The van der Waals surface area contributed by atoms with Crippen LogP contribution >= 0.6 is 0 Å². The number of nitrogens with zero attached hydrogens (tertiary/aromatic N) is 2. The molecule has 1 aliphatic rings. The Morgan fingerprint density at radius 3 is 2.25 bits per heavy atom. The summed E-state index contributed by atoms with van der Waals surface area (Å²) in [4.78, 5) is 15.2. The third kappa shape index (κ3) is 3.51. The van der Waals surface area contributed by atoms with Crippen molar-refractivity contribution in [2.45, 2.75) is 45.8 Å². The van der Waals surface area contributed by atoms with Gasteiger partial charge in [0.25, 0.3) is 0 Å². The summed E-state index contributed by atoms with van der Waals surface area (Å²) in [5.41, 5.74) is 2.47. The Bertz CT molecular complexity index is 455. The smallest absolute Gasteiger partial charge is 0.407 e. The highest BCUT2D eigenvalue weighted by molar-refractivity contribution is 5.65. The minimum absolute atomic E-state index is 0.334. The van der Waals surface area contributed by atoms with Crippen LogP contribution in [0.4, 0.5) is 4.79 Å². The van der Waals surface area contributed by atoms with Crippen LogP contribution in [0, 0.1) is 0 Å². The van der Waals surface area contributed by atoms with Crippen LogP contribution in [0.15, 0.2) is 24.3 Å². The third-order valence-electron chi connectivity index (χ3n) is 3.80. The number of hydrogen-bond donors (Lipinski definition) is 1. The van der Waals surface area contributed by atoms with E-state index in [0.717, 1.165) is 26.1 Å². The molecule has 20 heavy (non-hydrogen) atoms. The van der Waals surface area contributed by atoms with Crippen LogP contribution in [-0.2, 0) is 13.1 Å². The molecule has 1 N–H and O–H groups in total. The summed E-state index contributed by atoms with van der Waals surface area (Å²) >= 11 is 0. The first-order chi connectivity index (χ1) is 9.38. The number of carboxylic acid groups (broad SMARTS) is 1. The van der Waals surface area contributed by atoms with Gasteiger partial charge in [0, 0.05) is 31.7 Å². The molecule has 0 radical (unpaired) electrons. The van der Waals surface area contributed by atoms with E-state index in [9.17, 15) is 9.90 Å². The number of rotatable bonds is 4. The molecule has 0 aliphatic carbocycles. The monoisotopic (exact) mass is 277 g/mol. The van der Waals surface area contributed by atoms with Crippen molar-refractivity contribution in [2.75, 3.05) is 13.1 Å². The molecule has 110 valence electrons. The van der Waals surface area contributed by atoms with E-state index in [4.69, 9.17) is 0 Å². The van der Waals surface area contributed by atoms with Crippen LogP contribution in [0.1, 0.15) is 38.3 Å². The zero-order valence-electron chi connectivity index (χ0n) is 12.6. The minimum Gasteiger partial charge on any atom is -0.465 e. The molecule has 0 saturated carbocycles. The molecule has 1 amide bonds. The fraction of sp³-hybridized carbons (Fsp3) is 0.562. The molecule has 0 saturated heterocycles. The van der Waals surface area contributed by atoms with Gasteiger partial charge in [0.05, 0.1) is 0 Å². The van der Waals surface area contributed by atoms with E-state index in [-0.39, 0.29) is 5.54 Å². The molecule has 0 bridgehead atoms. The molecular formula is C16H24N2O2. The van der Waals surface area contributed by atoms with Crippen molar-refractivity contribution in [1.82, 2.24) is 9.80 Å². The molecular weight excluding hydrogens is 253 g/mol. The Morgan fingerprint density at radius 2 is 1.80 bits per heavy atom. The van der Waals surface area contributed by atoms with Gasteiger partial charge in [-0.3, -0.25) is 4.90 Å². The van der Waals surface area contributed by atoms with Gasteiger partial charge < -0.3 is 10.0 Å². The summed E-state index contributed by atoms with van der Waals surface area (Å²) in [7, 11) is 0. The van der Waals surface area contributed by atoms with E-state index >= 15 is 0 Å². The van der Waals surface area contributed by atoms with Crippen molar-refractivity contribution >= 4 is 6.09 Å². The van der Waals surface area contributed by atoms with Gasteiger partial charge in [-0.15, -0.1) is 0 Å². The van der Waals surface area contributed by atoms with Crippen molar-refractivity contribution in [1.29, 1.82) is 0 Å². The lowest BCUT2D eigenvalue weighted by molar-refractivity contribution is 0.0964. The maximum absolute atomic E-state index is 11.3. The number of fused-ring (bicyclic) bond motifs is 1. The molecule has 0 spiro atoms. The van der Waals surface area contributed by atoms with Gasteiger partial charge in [-0.25, -0.2) is 4.79 Å². The second-order valence-corrected chi connectivity index (χ2v) is 6.44. The topological polar surface area (TPSA) is 43.8 Å². The molecule has 4 heteroatoms. The van der Waals surface area contributed by atoms with Gasteiger partial charge in [-0.2, -0.15) is 0 Å². The number of carbonyl (C=O) groups is 1. The lowest BCUT2D eigenvalue weighted by Gasteiger charge is -2.33. The SMILES string of the molecule is CC(C)(C)N(CCCN1Cc2ccccc2C1)[13C](=O)O. The maximum atomic E-state index is 11.3. The second kappa shape index (κ2) is 5.83. The summed E-state index contributed by atoms with van der Waals surface area (Å²) in [6.45, 7) is 9.31. The minimum atomic E-state index is -0.831. The van der Waals surface area contributed by atoms with Crippen molar-refractivity contribution < 1.29 is 9.90 Å². The molecule has 1 aliphatic heterocycles. The lowest BCUT2D eigenvalue weighted by Crippen LogP contribution is -2.46. The first kappa shape index (κ1) is 14.9. The maximum Gasteiger partial charge on any atom is 0.407 e. The summed E-state index contributed by atoms with van der Waals surface area (Å²) < 4.78 is 0. The zero-order valence-corrected chi connectivity index (χ0v) is 12.6. The van der Waals surface area contributed by atoms with E-state index in [0.29, 0.717) is 6.54 Å². The van der Waals surface area contributed by atoms with Crippen LogP contribution in [0.25, 0.3) is 0 Å². The summed E-state index contributed by atoms with van der Waals surface area (Å²) in [6, 6.07) is 8.50. The Balaban J connectivity index is 1.81. The van der Waals surface area contributed by atoms with E-state index in [1.54, 1.807) is 0 Å². The number of amides is 1. The molecule has 0 unspecified atom stereocenters. The highest BCUT2D eigenvalue weighted by Crippen LogP contribution is 2.22. The fourth-order valence-electron chi connectivity index (χ4n) is 2.73. The highest BCUT2D eigenvalue weighted by Gasteiger charge is 2.26. The van der Waals surface area contributed by atoms with Gasteiger partial charge in [0.15, 0.2) is 0 Å². The fourth-order valence-corrected chi connectivity index (χ4v) is 2.73. The quantitative estimate of drug-likeness (QED) is 0.860. The van der Waals surface area contributed by atoms with E-state index in [2.05, 4.69) is 29.2 Å². The molecule has 4 nitrogen and oxygen atoms in total. The van der Waals surface area contributed by atoms with Gasteiger partial charge in [0.1, 0.15) is 0 Å². The average Bonchev–Trinajstić information content (AvgIpc) is 2.75.